The topological polar surface area (TPSA) is 120 Å². The first-order chi connectivity index (χ1) is 21.1. The van der Waals surface area contributed by atoms with Crippen LogP contribution in [0.25, 0.3) is 11.0 Å². The van der Waals surface area contributed by atoms with Crippen molar-refractivity contribution in [1.29, 1.82) is 0 Å². The van der Waals surface area contributed by atoms with E-state index in [2.05, 4.69) is 20.0 Å². The molecule has 11 heteroatoms. The Hall–Kier alpha value is -5.03. The predicted molar refractivity (Wildman–Crippen MR) is 168 cm³/mol. The first-order valence-corrected chi connectivity index (χ1v) is 15.2. The van der Waals surface area contributed by atoms with Gasteiger partial charge in [0, 0.05) is 35.9 Å². The number of para-hydroxylation sites is 2. The zero-order chi connectivity index (χ0) is 31.4. The molecule has 0 saturated heterocycles. The predicted octanol–water partition coefficient (Wildman–Crippen LogP) is 7.02. The van der Waals surface area contributed by atoms with Gasteiger partial charge in [0.2, 0.25) is 0 Å². The molecule has 44 heavy (non-hydrogen) atoms. The van der Waals surface area contributed by atoms with E-state index in [0.717, 1.165) is 0 Å². The lowest BCUT2D eigenvalue weighted by atomic mass is 9.92. The molecule has 0 aliphatic rings. The smallest absolute Gasteiger partial charge is 0.263 e. The number of carbonyl (C=O) groups excluding carboxylic acids is 1. The van der Waals surface area contributed by atoms with Gasteiger partial charge in [-0.1, -0.05) is 43.3 Å². The van der Waals surface area contributed by atoms with Crippen molar-refractivity contribution in [2.45, 2.75) is 31.1 Å². The van der Waals surface area contributed by atoms with Gasteiger partial charge < -0.3 is 14.8 Å². The quantitative estimate of drug-likeness (QED) is 0.152. The molecule has 0 spiro atoms. The largest absolute Gasteiger partial charge is 0.497 e. The minimum absolute atomic E-state index is 0.0132. The fraction of sp³-hybridized carbons (Fsp3) is 0.182. The van der Waals surface area contributed by atoms with Crippen molar-refractivity contribution >= 4 is 44.2 Å². The van der Waals surface area contributed by atoms with Gasteiger partial charge in [0.1, 0.15) is 17.3 Å². The zero-order valence-electron chi connectivity index (χ0n) is 24.6. The summed E-state index contributed by atoms with van der Waals surface area (Å²) in [5.74, 6) is 0.209. The molecule has 0 radical (unpaired) electrons. The third kappa shape index (κ3) is 6.63. The van der Waals surface area contributed by atoms with Gasteiger partial charge in [-0.25, -0.2) is 22.8 Å². The summed E-state index contributed by atoms with van der Waals surface area (Å²) >= 11 is 0. The van der Waals surface area contributed by atoms with Crippen molar-refractivity contribution < 1.29 is 27.1 Å². The number of hydrogen-bond acceptors (Lipinski definition) is 8. The highest BCUT2D eigenvalue weighted by atomic mass is 32.2. The number of methoxy groups -OCH3 is 2. The molecular formula is C33H31FN4O5S. The second kappa shape index (κ2) is 12.7. The summed E-state index contributed by atoms with van der Waals surface area (Å²) in [6.07, 6.45) is 0.0788. The molecule has 0 amide bonds. The van der Waals surface area contributed by atoms with Crippen LogP contribution in [0.15, 0.2) is 89.8 Å². The van der Waals surface area contributed by atoms with Gasteiger partial charge in [0.25, 0.3) is 10.0 Å². The molecule has 1 unspecified atom stereocenters. The highest BCUT2D eigenvalue weighted by Crippen LogP contribution is 2.32. The number of ketones is 1. The molecule has 0 saturated carbocycles. The van der Waals surface area contributed by atoms with Crippen LogP contribution in [0.4, 0.5) is 21.7 Å². The lowest BCUT2D eigenvalue weighted by Crippen LogP contribution is -2.16. The SMILES string of the molecule is COc1cc(Nc2nc3ccccc3nc2NS(=O)(=O)c2cccc(C(C)CC(=O)c3cccc(F)c3C)c2)cc(OC)c1. The molecule has 226 valence electrons. The summed E-state index contributed by atoms with van der Waals surface area (Å²) in [5.41, 5.74) is 2.83. The minimum atomic E-state index is -4.15. The van der Waals surface area contributed by atoms with Crippen molar-refractivity contribution in [1.82, 2.24) is 9.97 Å². The van der Waals surface area contributed by atoms with Crippen LogP contribution in [-0.4, -0.2) is 38.4 Å². The van der Waals surface area contributed by atoms with Gasteiger partial charge in [0.15, 0.2) is 17.4 Å². The van der Waals surface area contributed by atoms with E-state index in [1.54, 1.807) is 61.5 Å². The number of sulfonamides is 1. The number of carbonyl (C=O) groups is 1. The number of anilines is 3. The molecule has 0 aliphatic carbocycles. The van der Waals surface area contributed by atoms with Crippen molar-refractivity contribution in [3.63, 3.8) is 0 Å². The maximum absolute atomic E-state index is 14.0. The van der Waals surface area contributed by atoms with E-state index in [4.69, 9.17) is 9.47 Å². The normalized spacial score (nSPS) is 12.0. The average molecular weight is 615 g/mol. The Bertz CT molecular complexity index is 1940. The highest BCUT2D eigenvalue weighted by molar-refractivity contribution is 7.92. The Morgan fingerprint density at radius 3 is 2.16 bits per heavy atom. The fourth-order valence-electron chi connectivity index (χ4n) is 4.76. The van der Waals surface area contributed by atoms with Crippen LogP contribution in [0.3, 0.4) is 0 Å². The zero-order valence-corrected chi connectivity index (χ0v) is 25.4. The van der Waals surface area contributed by atoms with Crippen LogP contribution in [0.2, 0.25) is 0 Å². The lowest BCUT2D eigenvalue weighted by Gasteiger charge is -2.16. The maximum Gasteiger partial charge on any atom is 0.263 e. The second-order valence-corrected chi connectivity index (χ2v) is 11.9. The molecule has 1 heterocycles. The van der Waals surface area contributed by atoms with Crippen molar-refractivity contribution in [2.24, 2.45) is 0 Å². The van der Waals surface area contributed by atoms with E-state index in [-0.39, 0.29) is 34.7 Å². The number of hydrogen-bond donors (Lipinski definition) is 2. The van der Waals surface area contributed by atoms with Crippen LogP contribution < -0.4 is 19.5 Å². The summed E-state index contributed by atoms with van der Waals surface area (Å²) in [6.45, 7) is 3.39. The van der Waals surface area contributed by atoms with Crippen LogP contribution in [0.1, 0.15) is 40.7 Å². The Morgan fingerprint density at radius 1 is 0.864 bits per heavy atom. The molecular weight excluding hydrogens is 583 g/mol. The molecule has 2 N–H and O–H groups in total. The van der Waals surface area contributed by atoms with Crippen molar-refractivity contribution in [3.8, 4) is 11.5 Å². The highest BCUT2D eigenvalue weighted by Gasteiger charge is 2.22. The van der Waals surface area contributed by atoms with Gasteiger partial charge in [-0.2, -0.15) is 0 Å². The number of nitrogens with one attached hydrogen (secondary N) is 2. The summed E-state index contributed by atoms with van der Waals surface area (Å²) in [5, 5.41) is 3.14. The summed E-state index contributed by atoms with van der Waals surface area (Å²) in [7, 11) is -1.09. The standard InChI is InChI=1S/C33H31FN4O5S/c1-20(15-31(39)27-11-8-12-28(34)21(27)2)22-9-7-10-26(16-22)44(40,41)38-33-32(36-29-13-5-6-14-30(29)37-33)35-23-17-24(42-3)19-25(18-23)43-4/h5-14,16-20H,15H2,1-4H3,(H,35,36)(H,37,38). The molecule has 1 atom stereocenters. The van der Waals surface area contributed by atoms with Crippen LogP contribution in [0, 0.1) is 12.7 Å². The Morgan fingerprint density at radius 2 is 1.50 bits per heavy atom. The number of fused-ring (bicyclic) bond motifs is 1. The Balaban J connectivity index is 1.45. The fourth-order valence-corrected chi connectivity index (χ4v) is 5.83. The molecule has 4 aromatic carbocycles. The summed E-state index contributed by atoms with van der Waals surface area (Å²) in [4.78, 5) is 22.1. The number of rotatable bonds is 11. The number of halogens is 1. The van der Waals surface area contributed by atoms with Gasteiger partial charge in [-0.3, -0.25) is 9.52 Å². The van der Waals surface area contributed by atoms with E-state index < -0.39 is 15.8 Å². The molecule has 5 rings (SSSR count). The van der Waals surface area contributed by atoms with E-state index in [1.165, 1.54) is 38.5 Å². The Labute approximate surface area is 255 Å². The first kappa shape index (κ1) is 30.4. The maximum atomic E-state index is 14.0. The Kier molecular flexibility index (Phi) is 8.77. The number of ether oxygens (including phenoxy) is 2. The average Bonchev–Trinajstić information content (AvgIpc) is 3.02. The molecule has 0 bridgehead atoms. The number of Topliss-reactive ketones (excluding diaryl/α,β-unsaturated/α-hetero) is 1. The lowest BCUT2D eigenvalue weighted by molar-refractivity contribution is 0.0974. The molecule has 0 fully saturated rings. The monoisotopic (exact) mass is 614 g/mol. The van der Waals surface area contributed by atoms with Gasteiger partial charge in [-0.15, -0.1) is 0 Å². The number of aromatic nitrogens is 2. The van der Waals surface area contributed by atoms with Crippen molar-refractivity contribution in [3.05, 3.63) is 107 Å². The third-order valence-electron chi connectivity index (χ3n) is 7.21. The number of benzene rings is 4. The van der Waals surface area contributed by atoms with E-state index in [9.17, 15) is 17.6 Å². The van der Waals surface area contributed by atoms with Crippen LogP contribution >= 0.6 is 0 Å². The van der Waals surface area contributed by atoms with Crippen LogP contribution in [0.5, 0.6) is 11.5 Å². The van der Waals surface area contributed by atoms with Gasteiger partial charge >= 0.3 is 0 Å². The van der Waals surface area contributed by atoms with Gasteiger partial charge in [-0.05, 0) is 54.3 Å². The van der Waals surface area contributed by atoms with E-state index in [0.29, 0.717) is 44.9 Å². The molecule has 0 aliphatic heterocycles. The van der Waals surface area contributed by atoms with Crippen LogP contribution in [-0.2, 0) is 10.0 Å². The molecule has 9 nitrogen and oxygen atoms in total. The van der Waals surface area contributed by atoms with E-state index >= 15 is 0 Å². The van der Waals surface area contributed by atoms with Gasteiger partial charge in [0.05, 0.1) is 30.1 Å². The first-order valence-electron chi connectivity index (χ1n) is 13.8. The second-order valence-electron chi connectivity index (χ2n) is 10.3. The summed E-state index contributed by atoms with van der Waals surface area (Å²) in [6, 6.07) is 23.0. The molecule has 5 aromatic rings. The molecule has 1 aromatic heterocycles. The summed E-state index contributed by atoms with van der Waals surface area (Å²) < 4.78 is 54.7. The van der Waals surface area contributed by atoms with Crippen molar-refractivity contribution in [2.75, 3.05) is 24.3 Å². The third-order valence-corrected chi connectivity index (χ3v) is 8.55. The minimum Gasteiger partial charge on any atom is -0.497 e. The number of nitrogens with zero attached hydrogens (tertiary/aromatic N) is 2. The van der Waals surface area contributed by atoms with E-state index in [1.807, 2.05) is 13.0 Å².